The fourth-order valence-corrected chi connectivity index (χ4v) is 3.81. The third-order valence-electron chi connectivity index (χ3n) is 5.95. The number of aromatic nitrogens is 2. The largest absolute Gasteiger partial charge is 0.416 e. The number of alkyl halides is 3. The molecule has 0 saturated heterocycles. The number of anilines is 1. The molecule has 1 N–H and O–H groups in total. The molecule has 0 saturated carbocycles. The van der Waals surface area contributed by atoms with E-state index in [0.29, 0.717) is 18.8 Å². The molecular formula is C28H33F3N4O3. The van der Waals surface area contributed by atoms with Gasteiger partial charge in [-0.2, -0.15) is 18.3 Å². The molecule has 0 radical (unpaired) electrons. The lowest BCUT2D eigenvalue weighted by molar-refractivity contribution is -0.137. The van der Waals surface area contributed by atoms with E-state index in [-0.39, 0.29) is 24.1 Å². The van der Waals surface area contributed by atoms with Gasteiger partial charge in [0.15, 0.2) is 0 Å². The average Bonchev–Trinajstić information content (AvgIpc) is 3.27. The van der Waals surface area contributed by atoms with Crippen molar-refractivity contribution >= 4 is 17.6 Å². The van der Waals surface area contributed by atoms with Crippen molar-refractivity contribution in [2.45, 2.75) is 45.7 Å². The Morgan fingerprint density at radius 2 is 1.71 bits per heavy atom. The minimum absolute atomic E-state index is 0.0585. The molecular weight excluding hydrogens is 497 g/mol. The van der Waals surface area contributed by atoms with Crippen LogP contribution >= 0.6 is 0 Å². The van der Waals surface area contributed by atoms with Crippen molar-refractivity contribution in [1.82, 2.24) is 14.7 Å². The van der Waals surface area contributed by atoms with Crippen LogP contribution in [0.25, 0.3) is 5.69 Å². The van der Waals surface area contributed by atoms with E-state index >= 15 is 0 Å². The molecule has 204 valence electrons. The van der Waals surface area contributed by atoms with Gasteiger partial charge >= 0.3 is 6.18 Å². The number of amides is 2. The number of rotatable bonds is 9. The van der Waals surface area contributed by atoms with Crippen LogP contribution in [-0.2, 0) is 21.1 Å². The zero-order valence-corrected chi connectivity index (χ0v) is 22.2. The number of halogens is 3. The fraction of sp³-hybridized carbons (Fsp3) is 0.393. The zero-order valence-electron chi connectivity index (χ0n) is 22.2. The molecule has 1 heterocycles. The maximum atomic E-state index is 13.2. The number of benzene rings is 2. The van der Waals surface area contributed by atoms with Gasteiger partial charge in [0.25, 0.3) is 5.91 Å². The van der Waals surface area contributed by atoms with Gasteiger partial charge in [-0.25, -0.2) is 4.68 Å². The SMILES string of the molecule is COCCCN(CC(=O)Nc1cc(C(C)(C)C)nn1-c1ccccc1C)C(=O)c1ccc(C(F)(F)F)cc1. The number of para-hydroxylation sites is 1. The molecule has 2 amide bonds. The minimum atomic E-state index is -4.51. The van der Waals surface area contributed by atoms with E-state index in [1.54, 1.807) is 10.7 Å². The van der Waals surface area contributed by atoms with Crippen LogP contribution in [-0.4, -0.2) is 53.3 Å². The van der Waals surface area contributed by atoms with Crippen LogP contribution in [0.3, 0.4) is 0 Å². The highest BCUT2D eigenvalue weighted by molar-refractivity contribution is 5.99. The predicted octanol–water partition coefficient (Wildman–Crippen LogP) is 5.61. The molecule has 10 heteroatoms. The van der Waals surface area contributed by atoms with Gasteiger partial charge in [0.05, 0.1) is 16.9 Å². The Kier molecular flexibility index (Phi) is 8.98. The summed E-state index contributed by atoms with van der Waals surface area (Å²) in [7, 11) is 1.52. The molecule has 0 unspecified atom stereocenters. The second-order valence-electron chi connectivity index (χ2n) is 10.1. The molecule has 0 atom stereocenters. The van der Waals surface area contributed by atoms with E-state index in [9.17, 15) is 22.8 Å². The summed E-state index contributed by atoms with van der Waals surface area (Å²) in [5.74, 6) is -0.557. The molecule has 0 bridgehead atoms. The molecule has 0 aliphatic rings. The van der Waals surface area contributed by atoms with Gasteiger partial charge in [-0.1, -0.05) is 39.0 Å². The first-order valence-corrected chi connectivity index (χ1v) is 12.2. The van der Waals surface area contributed by atoms with Gasteiger partial charge < -0.3 is 15.0 Å². The summed E-state index contributed by atoms with van der Waals surface area (Å²) < 4.78 is 45.6. The number of hydrogen-bond donors (Lipinski definition) is 1. The van der Waals surface area contributed by atoms with Crippen molar-refractivity contribution < 1.29 is 27.5 Å². The molecule has 1 aromatic heterocycles. The van der Waals surface area contributed by atoms with Crippen LogP contribution in [0.2, 0.25) is 0 Å². The lowest BCUT2D eigenvalue weighted by Crippen LogP contribution is -2.39. The Bertz CT molecular complexity index is 1260. The van der Waals surface area contributed by atoms with E-state index in [4.69, 9.17) is 9.84 Å². The van der Waals surface area contributed by atoms with Gasteiger partial charge in [0.1, 0.15) is 12.4 Å². The Hall–Kier alpha value is -3.66. The van der Waals surface area contributed by atoms with Crippen LogP contribution in [0.15, 0.2) is 54.6 Å². The Morgan fingerprint density at radius 1 is 1.05 bits per heavy atom. The van der Waals surface area contributed by atoms with E-state index in [0.717, 1.165) is 41.2 Å². The minimum Gasteiger partial charge on any atom is -0.385 e. The topological polar surface area (TPSA) is 76.5 Å². The first-order valence-electron chi connectivity index (χ1n) is 12.2. The monoisotopic (exact) mass is 530 g/mol. The van der Waals surface area contributed by atoms with Crippen LogP contribution in [0, 0.1) is 6.92 Å². The number of methoxy groups -OCH3 is 1. The highest BCUT2D eigenvalue weighted by atomic mass is 19.4. The number of nitrogens with one attached hydrogen (secondary N) is 1. The van der Waals surface area contributed by atoms with Gasteiger partial charge in [-0.3, -0.25) is 9.59 Å². The highest BCUT2D eigenvalue weighted by Gasteiger charge is 2.31. The number of nitrogens with zero attached hydrogens (tertiary/aromatic N) is 3. The predicted molar refractivity (Wildman–Crippen MR) is 139 cm³/mol. The van der Waals surface area contributed by atoms with E-state index < -0.39 is 23.6 Å². The van der Waals surface area contributed by atoms with Crippen LogP contribution in [0.5, 0.6) is 0 Å². The Morgan fingerprint density at radius 3 is 2.29 bits per heavy atom. The standard InChI is InChI=1S/C28H33F3N4O3/c1-19-9-6-7-10-22(19)35-24(17-23(33-35)27(2,3)4)32-25(36)18-34(15-8-16-38-5)26(37)20-11-13-21(14-12-20)28(29,30)31/h6-7,9-14,17H,8,15-16,18H2,1-5H3,(H,32,36). The molecule has 7 nitrogen and oxygen atoms in total. The zero-order chi connectivity index (χ0) is 28.1. The summed E-state index contributed by atoms with van der Waals surface area (Å²) in [6.07, 6.45) is -4.06. The summed E-state index contributed by atoms with van der Waals surface area (Å²) in [5.41, 5.74) is 1.47. The quantitative estimate of drug-likeness (QED) is 0.365. The Labute approximate surface area is 220 Å². The summed E-state index contributed by atoms with van der Waals surface area (Å²) >= 11 is 0. The smallest absolute Gasteiger partial charge is 0.385 e. The molecule has 0 aliphatic heterocycles. The van der Waals surface area contributed by atoms with Gasteiger partial charge in [0.2, 0.25) is 5.91 Å². The summed E-state index contributed by atoms with van der Waals surface area (Å²) in [5, 5.41) is 7.60. The maximum absolute atomic E-state index is 13.2. The van der Waals surface area contributed by atoms with Gasteiger partial charge in [-0.05, 0) is 49.2 Å². The number of carbonyl (C=O) groups is 2. The van der Waals surface area contributed by atoms with E-state index in [1.165, 1.54) is 12.0 Å². The van der Waals surface area contributed by atoms with E-state index in [1.807, 2.05) is 52.0 Å². The highest BCUT2D eigenvalue weighted by Crippen LogP contribution is 2.30. The second kappa shape index (κ2) is 11.8. The number of ether oxygens (including phenoxy) is 1. The number of carbonyl (C=O) groups excluding carboxylic acids is 2. The molecule has 0 fully saturated rings. The maximum Gasteiger partial charge on any atom is 0.416 e. The number of hydrogen-bond acceptors (Lipinski definition) is 4. The lowest BCUT2D eigenvalue weighted by Gasteiger charge is -2.22. The van der Waals surface area contributed by atoms with Crippen LogP contribution in [0.4, 0.5) is 19.0 Å². The Balaban J connectivity index is 1.86. The number of aryl methyl sites for hydroxylation is 1. The summed E-state index contributed by atoms with van der Waals surface area (Å²) in [6, 6.07) is 13.4. The van der Waals surface area contributed by atoms with Crippen LogP contribution in [0.1, 0.15) is 54.4 Å². The van der Waals surface area contributed by atoms with Crippen molar-refractivity contribution in [2.75, 3.05) is 32.1 Å². The first-order chi connectivity index (χ1) is 17.8. The molecule has 3 rings (SSSR count). The third kappa shape index (κ3) is 7.22. The average molecular weight is 531 g/mol. The van der Waals surface area contributed by atoms with E-state index in [2.05, 4.69) is 5.32 Å². The first kappa shape index (κ1) is 28.9. The van der Waals surface area contributed by atoms with Gasteiger partial charge in [0, 0.05) is 37.3 Å². The van der Waals surface area contributed by atoms with Crippen molar-refractivity contribution in [3.8, 4) is 5.69 Å². The summed E-state index contributed by atoms with van der Waals surface area (Å²) in [4.78, 5) is 27.6. The second-order valence-corrected chi connectivity index (χ2v) is 10.1. The van der Waals surface area contributed by atoms with Crippen molar-refractivity contribution in [2.24, 2.45) is 0 Å². The molecule has 0 aliphatic carbocycles. The molecule has 38 heavy (non-hydrogen) atoms. The van der Waals surface area contributed by atoms with Gasteiger partial charge in [-0.15, -0.1) is 0 Å². The van der Waals surface area contributed by atoms with Crippen LogP contribution < -0.4 is 5.32 Å². The molecule has 0 spiro atoms. The molecule has 3 aromatic rings. The normalized spacial score (nSPS) is 11.9. The van der Waals surface area contributed by atoms with Crippen molar-refractivity contribution in [1.29, 1.82) is 0 Å². The molecule has 2 aromatic carbocycles. The summed E-state index contributed by atoms with van der Waals surface area (Å²) in [6.45, 7) is 8.24. The van der Waals surface area contributed by atoms with Crippen molar-refractivity contribution in [3.05, 3.63) is 77.0 Å². The van der Waals surface area contributed by atoms with Crippen molar-refractivity contribution in [3.63, 3.8) is 0 Å². The fourth-order valence-electron chi connectivity index (χ4n) is 3.81. The third-order valence-corrected chi connectivity index (χ3v) is 5.95. The lowest BCUT2D eigenvalue weighted by atomic mass is 9.92.